The molecule has 0 bridgehead atoms. The SMILES string of the molecule is CC(C)[C@@H]1C(=O)N[C@@H](c2ccccc2)C/C=C\C[C@@H](C)Oc2ccccc2C(=O)N1C. The van der Waals surface area contributed by atoms with E-state index in [0.717, 1.165) is 5.56 Å². The van der Waals surface area contributed by atoms with Crippen molar-refractivity contribution in [1.29, 1.82) is 0 Å². The molecule has 3 atom stereocenters. The highest BCUT2D eigenvalue weighted by Gasteiger charge is 2.33. The van der Waals surface area contributed by atoms with Gasteiger partial charge in [0.05, 0.1) is 17.7 Å². The molecule has 0 spiro atoms. The van der Waals surface area contributed by atoms with Crippen molar-refractivity contribution in [3.8, 4) is 5.75 Å². The number of nitrogens with one attached hydrogen (secondary N) is 1. The van der Waals surface area contributed by atoms with E-state index >= 15 is 0 Å². The van der Waals surface area contributed by atoms with Gasteiger partial charge in [0.25, 0.3) is 5.91 Å². The first kappa shape index (κ1) is 22.6. The van der Waals surface area contributed by atoms with Crippen molar-refractivity contribution < 1.29 is 14.3 Å². The normalized spacial score (nSPS) is 24.0. The highest BCUT2D eigenvalue weighted by molar-refractivity contribution is 5.99. The van der Waals surface area contributed by atoms with Gasteiger partial charge in [-0.3, -0.25) is 9.59 Å². The Morgan fingerprint density at radius 1 is 0.968 bits per heavy atom. The highest BCUT2D eigenvalue weighted by atomic mass is 16.5. The number of amides is 2. The van der Waals surface area contributed by atoms with Gasteiger partial charge in [-0.15, -0.1) is 0 Å². The maximum Gasteiger partial charge on any atom is 0.258 e. The average molecular weight is 421 g/mol. The lowest BCUT2D eigenvalue weighted by atomic mass is 9.98. The first-order valence-electron chi connectivity index (χ1n) is 10.9. The van der Waals surface area contributed by atoms with Crippen molar-refractivity contribution in [3.63, 3.8) is 0 Å². The molecule has 2 aromatic carbocycles. The smallest absolute Gasteiger partial charge is 0.258 e. The predicted molar refractivity (Wildman–Crippen MR) is 123 cm³/mol. The number of carbonyl (C=O) groups excluding carboxylic acids is 2. The van der Waals surface area contributed by atoms with Crippen molar-refractivity contribution in [2.24, 2.45) is 5.92 Å². The number of nitrogens with zero attached hydrogens (tertiary/aromatic N) is 1. The van der Waals surface area contributed by atoms with Crippen LogP contribution in [0.15, 0.2) is 66.7 Å². The molecule has 3 rings (SSSR count). The van der Waals surface area contributed by atoms with Gasteiger partial charge in [0.2, 0.25) is 5.91 Å². The number of para-hydroxylation sites is 1. The molecule has 1 aliphatic rings. The molecule has 0 aliphatic carbocycles. The van der Waals surface area contributed by atoms with Crippen molar-refractivity contribution in [1.82, 2.24) is 10.2 Å². The van der Waals surface area contributed by atoms with E-state index < -0.39 is 6.04 Å². The van der Waals surface area contributed by atoms with Crippen molar-refractivity contribution in [3.05, 3.63) is 77.9 Å². The summed E-state index contributed by atoms with van der Waals surface area (Å²) in [6.45, 7) is 5.91. The second-order valence-electron chi connectivity index (χ2n) is 8.44. The molecule has 1 N–H and O–H groups in total. The van der Waals surface area contributed by atoms with Crippen molar-refractivity contribution in [2.75, 3.05) is 7.05 Å². The van der Waals surface area contributed by atoms with Gasteiger partial charge >= 0.3 is 0 Å². The Labute approximate surface area is 185 Å². The minimum absolute atomic E-state index is 0.0548. The summed E-state index contributed by atoms with van der Waals surface area (Å²) < 4.78 is 6.09. The molecule has 0 saturated heterocycles. The second kappa shape index (κ2) is 10.3. The molecular formula is C26H32N2O3. The minimum Gasteiger partial charge on any atom is -0.490 e. The number of likely N-dealkylation sites (N-methyl/N-ethyl adjacent to an activating group) is 1. The Hall–Kier alpha value is -3.08. The van der Waals surface area contributed by atoms with E-state index in [1.807, 2.05) is 69.3 Å². The van der Waals surface area contributed by atoms with E-state index in [0.29, 0.717) is 24.2 Å². The Balaban J connectivity index is 1.99. The maximum absolute atomic E-state index is 13.4. The molecule has 0 unspecified atom stereocenters. The Morgan fingerprint density at radius 3 is 2.32 bits per heavy atom. The van der Waals surface area contributed by atoms with Crippen LogP contribution in [0, 0.1) is 5.92 Å². The Morgan fingerprint density at radius 2 is 1.61 bits per heavy atom. The lowest BCUT2D eigenvalue weighted by Crippen LogP contribution is -2.51. The van der Waals surface area contributed by atoms with Crippen LogP contribution in [-0.2, 0) is 4.79 Å². The maximum atomic E-state index is 13.4. The second-order valence-corrected chi connectivity index (χ2v) is 8.44. The van der Waals surface area contributed by atoms with Gasteiger partial charge in [-0.2, -0.15) is 0 Å². The third-order valence-electron chi connectivity index (χ3n) is 5.61. The highest BCUT2D eigenvalue weighted by Crippen LogP contribution is 2.25. The van der Waals surface area contributed by atoms with Gasteiger partial charge in [0.15, 0.2) is 0 Å². The molecule has 164 valence electrons. The molecule has 0 saturated carbocycles. The van der Waals surface area contributed by atoms with E-state index in [9.17, 15) is 9.59 Å². The zero-order valence-electron chi connectivity index (χ0n) is 18.7. The molecule has 31 heavy (non-hydrogen) atoms. The topological polar surface area (TPSA) is 58.6 Å². The lowest BCUT2D eigenvalue weighted by molar-refractivity contribution is -0.127. The summed E-state index contributed by atoms with van der Waals surface area (Å²) in [6.07, 6.45) is 5.47. The van der Waals surface area contributed by atoms with Crippen LogP contribution in [0.2, 0.25) is 0 Å². The molecule has 2 aromatic rings. The minimum atomic E-state index is -0.601. The van der Waals surface area contributed by atoms with E-state index in [1.54, 1.807) is 13.1 Å². The van der Waals surface area contributed by atoms with E-state index in [1.165, 1.54) is 4.90 Å². The third-order valence-corrected chi connectivity index (χ3v) is 5.61. The summed E-state index contributed by atoms with van der Waals surface area (Å²) in [7, 11) is 1.69. The van der Waals surface area contributed by atoms with Crippen LogP contribution in [-0.4, -0.2) is 35.9 Å². The van der Waals surface area contributed by atoms with Gasteiger partial charge in [-0.1, -0.05) is 68.5 Å². The molecule has 5 nitrogen and oxygen atoms in total. The number of benzene rings is 2. The van der Waals surface area contributed by atoms with Crippen molar-refractivity contribution >= 4 is 11.8 Å². The number of carbonyl (C=O) groups is 2. The van der Waals surface area contributed by atoms with Crippen LogP contribution < -0.4 is 10.1 Å². The number of fused-ring (bicyclic) bond motifs is 1. The summed E-state index contributed by atoms with van der Waals surface area (Å²) in [5, 5.41) is 3.19. The zero-order valence-corrected chi connectivity index (χ0v) is 18.7. The summed E-state index contributed by atoms with van der Waals surface area (Å²) in [4.78, 5) is 28.3. The Bertz CT molecular complexity index is 923. The largest absolute Gasteiger partial charge is 0.490 e. The first-order chi connectivity index (χ1) is 14.9. The fourth-order valence-corrected chi connectivity index (χ4v) is 3.99. The monoisotopic (exact) mass is 420 g/mol. The quantitative estimate of drug-likeness (QED) is 0.713. The summed E-state index contributed by atoms with van der Waals surface area (Å²) in [6, 6.07) is 16.4. The van der Waals surface area contributed by atoms with Gasteiger partial charge in [-0.05, 0) is 37.0 Å². The van der Waals surface area contributed by atoms with Crippen LogP contribution in [0.4, 0.5) is 0 Å². The third kappa shape index (κ3) is 5.54. The molecule has 0 aromatic heterocycles. The number of ether oxygens (including phenoxy) is 1. The number of hydrogen-bond acceptors (Lipinski definition) is 3. The van der Waals surface area contributed by atoms with Gasteiger partial charge in [-0.25, -0.2) is 0 Å². The molecule has 0 fully saturated rings. The van der Waals surface area contributed by atoms with E-state index in [4.69, 9.17) is 4.74 Å². The standard InChI is InChI=1S/C26H32N2O3/c1-18(2)24-25(29)27-22(20-13-6-5-7-14-20)16-10-8-12-19(3)31-23-17-11-9-15-21(23)26(30)28(24)4/h5-11,13-15,17-19,22,24H,12,16H2,1-4H3,(H,27,29)/b10-8-/t19-,22-,24-/m1/s1. The summed E-state index contributed by atoms with van der Waals surface area (Å²) >= 11 is 0. The summed E-state index contributed by atoms with van der Waals surface area (Å²) in [5.41, 5.74) is 1.51. The zero-order chi connectivity index (χ0) is 22.4. The molecule has 2 amide bonds. The Kier molecular flexibility index (Phi) is 7.50. The van der Waals surface area contributed by atoms with Crippen LogP contribution in [0.1, 0.15) is 55.6 Å². The van der Waals surface area contributed by atoms with E-state index in [2.05, 4.69) is 17.5 Å². The molecule has 1 aliphatic heterocycles. The summed E-state index contributed by atoms with van der Waals surface area (Å²) in [5.74, 6) is 0.112. The van der Waals surface area contributed by atoms with Crippen LogP contribution in [0.3, 0.4) is 0 Å². The van der Waals surface area contributed by atoms with Gasteiger partial charge < -0.3 is 15.0 Å². The van der Waals surface area contributed by atoms with E-state index in [-0.39, 0.29) is 29.9 Å². The first-order valence-corrected chi connectivity index (χ1v) is 10.9. The molecule has 1 heterocycles. The van der Waals surface area contributed by atoms with Crippen molar-refractivity contribution in [2.45, 2.75) is 51.8 Å². The average Bonchev–Trinajstić information content (AvgIpc) is 2.75. The van der Waals surface area contributed by atoms with Crippen LogP contribution in [0.25, 0.3) is 0 Å². The fourth-order valence-electron chi connectivity index (χ4n) is 3.99. The lowest BCUT2D eigenvalue weighted by Gasteiger charge is -2.32. The van der Waals surface area contributed by atoms with Gasteiger partial charge in [0, 0.05) is 13.5 Å². The molecule has 0 radical (unpaired) electrons. The number of hydrogen-bond donors (Lipinski definition) is 1. The predicted octanol–water partition coefficient (Wildman–Crippen LogP) is 4.76. The molecule has 5 heteroatoms. The molecular weight excluding hydrogens is 388 g/mol. The van der Waals surface area contributed by atoms with Crippen LogP contribution >= 0.6 is 0 Å². The van der Waals surface area contributed by atoms with Crippen LogP contribution in [0.5, 0.6) is 5.75 Å². The van der Waals surface area contributed by atoms with Gasteiger partial charge in [0.1, 0.15) is 11.8 Å². The fraction of sp³-hybridized carbons (Fsp3) is 0.385. The number of rotatable bonds is 2.